The van der Waals surface area contributed by atoms with Gasteiger partial charge in [-0.25, -0.2) is 9.64 Å². The number of aliphatic hydroxyl groups excluding tert-OH is 1. The van der Waals surface area contributed by atoms with Crippen molar-refractivity contribution in [2.24, 2.45) is 0 Å². The normalized spacial score (nSPS) is 10.4. The summed E-state index contributed by atoms with van der Waals surface area (Å²) < 4.78 is 22.1. The van der Waals surface area contributed by atoms with Gasteiger partial charge in [-0.15, -0.1) is 0 Å². The van der Waals surface area contributed by atoms with Gasteiger partial charge in [-0.05, 0) is 66.7 Å². The second kappa shape index (κ2) is 12.9. The van der Waals surface area contributed by atoms with Gasteiger partial charge in [-0.3, -0.25) is 4.98 Å². The van der Waals surface area contributed by atoms with Gasteiger partial charge < -0.3 is 34.7 Å². The number of nitrogens with zero attached hydrogens (tertiary/aromatic N) is 2. The fraction of sp³-hybridized carbons (Fsp3) is 0.179. The number of benzene rings is 3. The first kappa shape index (κ1) is 26.2. The monoisotopic (exact) mass is 514 g/mol. The topological polar surface area (TPSA) is 116 Å². The molecule has 0 bridgehead atoms. The summed E-state index contributed by atoms with van der Waals surface area (Å²) in [7, 11) is 1.58. The van der Waals surface area contributed by atoms with Gasteiger partial charge in [0.1, 0.15) is 29.6 Å². The predicted molar refractivity (Wildman–Crippen MR) is 144 cm³/mol. The molecule has 0 fully saturated rings. The maximum absolute atomic E-state index is 12.3. The molecule has 0 saturated heterocycles. The number of aromatic nitrogens is 1. The van der Waals surface area contributed by atoms with Gasteiger partial charge >= 0.3 is 6.03 Å². The molecule has 2 amide bonds. The number of hydrogen-bond donors (Lipinski definition) is 3. The molecular formula is C28H26N4O6. The lowest BCUT2D eigenvalue weighted by Crippen LogP contribution is -2.19. The van der Waals surface area contributed by atoms with Crippen LogP contribution in [-0.4, -0.2) is 49.7 Å². The molecule has 10 heteroatoms. The molecule has 4 aromatic rings. The third kappa shape index (κ3) is 6.88. The number of methoxy groups -OCH3 is 1. The lowest BCUT2D eigenvalue weighted by molar-refractivity contribution is 0.0707. The van der Waals surface area contributed by atoms with Crippen molar-refractivity contribution in [3.8, 4) is 23.0 Å². The Morgan fingerprint density at radius 2 is 1.61 bits per heavy atom. The molecule has 0 aliphatic carbocycles. The van der Waals surface area contributed by atoms with E-state index in [1.807, 2.05) is 0 Å². The molecule has 0 radical (unpaired) electrons. The van der Waals surface area contributed by atoms with Crippen molar-refractivity contribution < 1.29 is 28.8 Å². The summed E-state index contributed by atoms with van der Waals surface area (Å²) >= 11 is 0. The van der Waals surface area contributed by atoms with Crippen LogP contribution >= 0.6 is 0 Å². The van der Waals surface area contributed by atoms with Gasteiger partial charge in [0.05, 0.1) is 39.0 Å². The minimum absolute atomic E-state index is 0.0604. The molecule has 0 atom stereocenters. The average Bonchev–Trinajstić information content (AvgIpc) is 2.94. The van der Waals surface area contributed by atoms with Gasteiger partial charge in [-0.2, -0.15) is 0 Å². The van der Waals surface area contributed by atoms with E-state index < -0.39 is 0 Å². The molecule has 0 spiro atoms. The lowest BCUT2D eigenvalue weighted by Gasteiger charge is -2.13. The Balaban J connectivity index is 1.41. The first-order chi connectivity index (χ1) is 18.6. The van der Waals surface area contributed by atoms with Crippen LogP contribution < -0.4 is 24.8 Å². The standard InChI is InChI=1S/C28H26N4O6/c1-29-25-17-23-24(18-27(25)37-16-15-36-14-13-33)30-12-11-26(23)38-22-9-5-20(6-10-22)32-28(34)31-19-3-7-21(35-2)8-4-19/h3-12,17-18,33H,13-16H2,2H3,(H2,31,32,34). The van der Waals surface area contributed by atoms with E-state index in [4.69, 9.17) is 30.6 Å². The number of urea groups is 1. The molecule has 0 aliphatic heterocycles. The molecule has 0 aliphatic rings. The van der Waals surface area contributed by atoms with E-state index in [9.17, 15) is 4.79 Å². The third-order valence-electron chi connectivity index (χ3n) is 5.31. The predicted octanol–water partition coefficient (Wildman–Crippen LogP) is 5.62. The molecule has 194 valence electrons. The number of ether oxygens (including phenoxy) is 4. The van der Waals surface area contributed by atoms with Crippen LogP contribution in [0.5, 0.6) is 23.0 Å². The molecule has 1 aromatic heterocycles. The van der Waals surface area contributed by atoms with E-state index in [-0.39, 0.29) is 25.9 Å². The van der Waals surface area contributed by atoms with Crippen LogP contribution in [0.25, 0.3) is 15.7 Å². The number of pyridine rings is 1. The van der Waals surface area contributed by atoms with E-state index >= 15 is 0 Å². The highest BCUT2D eigenvalue weighted by Gasteiger charge is 2.12. The summed E-state index contributed by atoms with van der Waals surface area (Å²) in [5, 5.41) is 15.0. The number of nitrogens with one attached hydrogen (secondary N) is 2. The highest BCUT2D eigenvalue weighted by Crippen LogP contribution is 2.37. The Bertz CT molecular complexity index is 1420. The highest BCUT2D eigenvalue weighted by molar-refractivity contribution is 5.99. The summed E-state index contributed by atoms with van der Waals surface area (Å²) in [6.45, 7) is 8.24. The van der Waals surface area contributed by atoms with Gasteiger partial charge in [0.25, 0.3) is 0 Å². The zero-order valence-electron chi connectivity index (χ0n) is 20.6. The van der Waals surface area contributed by atoms with Crippen molar-refractivity contribution in [1.82, 2.24) is 4.98 Å². The van der Waals surface area contributed by atoms with E-state index in [0.29, 0.717) is 57.6 Å². The van der Waals surface area contributed by atoms with Crippen molar-refractivity contribution in [3.05, 3.63) is 84.3 Å². The summed E-state index contributed by atoms with van der Waals surface area (Å²) in [6, 6.07) is 18.6. The van der Waals surface area contributed by atoms with Crippen LogP contribution in [0.1, 0.15) is 0 Å². The number of aliphatic hydroxyl groups is 1. The van der Waals surface area contributed by atoms with Gasteiger partial charge in [0.15, 0.2) is 0 Å². The van der Waals surface area contributed by atoms with Crippen molar-refractivity contribution in [1.29, 1.82) is 0 Å². The molecule has 3 N–H and O–H groups in total. The molecule has 0 unspecified atom stereocenters. The summed E-state index contributed by atoms with van der Waals surface area (Å²) in [5.41, 5.74) is 2.15. The molecule has 3 aromatic carbocycles. The molecule has 4 rings (SSSR count). The summed E-state index contributed by atoms with van der Waals surface area (Å²) in [4.78, 5) is 20.3. The van der Waals surface area contributed by atoms with E-state index in [2.05, 4.69) is 20.5 Å². The average molecular weight is 515 g/mol. The zero-order valence-corrected chi connectivity index (χ0v) is 20.6. The maximum atomic E-state index is 12.3. The Morgan fingerprint density at radius 3 is 2.24 bits per heavy atom. The largest absolute Gasteiger partial charge is 0.502 e. The number of amides is 2. The Labute approximate surface area is 219 Å². The molecular weight excluding hydrogens is 488 g/mol. The lowest BCUT2D eigenvalue weighted by atomic mass is 10.1. The number of carbonyl (C=O) groups excluding carboxylic acids is 1. The number of anilines is 2. The highest BCUT2D eigenvalue weighted by atomic mass is 16.5. The minimum atomic E-state index is -0.381. The van der Waals surface area contributed by atoms with Crippen LogP contribution in [0.4, 0.5) is 21.9 Å². The van der Waals surface area contributed by atoms with Crippen LogP contribution in [0.2, 0.25) is 0 Å². The van der Waals surface area contributed by atoms with Gasteiger partial charge in [0, 0.05) is 23.0 Å². The van der Waals surface area contributed by atoms with Crippen molar-refractivity contribution >= 4 is 34.0 Å². The summed E-state index contributed by atoms with van der Waals surface area (Å²) in [6.07, 6.45) is 1.61. The second-order valence-corrected chi connectivity index (χ2v) is 7.88. The zero-order chi connectivity index (χ0) is 26.7. The number of fused-ring (bicyclic) bond motifs is 1. The van der Waals surface area contributed by atoms with Gasteiger partial charge in [0.2, 0.25) is 5.69 Å². The first-order valence-corrected chi connectivity index (χ1v) is 11.7. The number of rotatable bonds is 11. The minimum Gasteiger partial charge on any atom is -0.502 e. The van der Waals surface area contributed by atoms with Crippen LogP contribution in [0, 0.1) is 6.57 Å². The van der Waals surface area contributed by atoms with Gasteiger partial charge in [-0.1, -0.05) is 0 Å². The van der Waals surface area contributed by atoms with Crippen molar-refractivity contribution in [3.63, 3.8) is 0 Å². The fourth-order valence-electron chi connectivity index (χ4n) is 3.51. The fourth-order valence-corrected chi connectivity index (χ4v) is 3.51. The number of hydrogen-bond acceptors (Lipinski definition) is 7. The summed E-state index contributed by atoms with van der Waals surface area (Å²) in [5.74, 6) is 2.17. The van der Waals surface area contributed by atoms with E-state index in [1.165, 1.54) is 0 Å². The maximum Gasteiger partial charge on any atom is 0.323 e. The van der Waals surface area contributed by atoms with Crippen LogP contribution in [-0.2, 0) is 4.74 Å². The third-order valence-corrected chi connectivity index (χ3v) is 5.31. The Kier molecular flexibility index (Phi) is 8.91. The van der Waals surface area contributed by atoms with Crippen molar-refractivity contribution in [2.45, 2.75) is 0 Å². The van der Waals surface area contributed by atoms with E-state index in [1.54, 1.807) is 80.0 Å². The molecule has 10 nitrogen and oxygen atoms in total. The van der Waals surface area contributed by atoms with Crippen LogP contribution in [0.15, 0.2) is 72.9 Å². The first-order valence-electron chi connectivity index (χ1n) is 11.7. The quantitative estimate of drug-likeness (QED) is 0.176. The smallest absolute Gasteiger partial charge is 0.323 e. The molecule has 38 heavy (non-hydrogen) atoms. The van der Waals surface area contributed by atoms with Crippen LogP contribution in [0.3, 0.4) is 0 Å². The van der Waals surface area contributed by atoms with E-state index in [0.717, 1.165) is 0 Å². The molecule has 0 saturated carbocycles. The Hall–Kier alpha value is -4.85. The molecule has 1 heterocycles. The van der Waals surface area contributed by atoms with Crippen molar-refractivity contribution in [2.75, 3.05) is 44.2 Å². The second-order valence-electron chi connectivity index (χ2n) is 7.88. The number of carbonyl (C=O) groups is 1. The SMILES string of the molecule is [C-]#[N+]c1cc2c(Oc3ccc(NC(=O)Nc4ccc(OC)cc4)cc3)ccnc2cc1OCCOCCO. The Morgan fingerprint density at radius 1 is 0.921 bits per heavy atom.